The lowest BCUT2D eigenvalue weighted by atomic mass is 10.1. The van der Waals surface area contributed by atoms with Gasteiger partial charge in [-0.2, -0.15) is 5.10 Å². The van der Waals surface area contributed by atoms with E-state index in [-0.39, 0.29) is 6.61 Å². The molecule has 0 fully saturated rings. The second kappa shape index (κ2) is 3.66. The van der Waals surface area contributed by atoms with Crippen LogP contribution in [0.25, 0.3) is 5.52 Å². The molecule has 0 aromatic carbocycles. The van der Waals surface area contributed by atoms with Crippen LogP contribution in [0.4, 0.5) is 0 Å². The molecule has 1 N–H and O–H groups in total. The Hall–Kier alpha value is -1.35. The SMILES string of the molecule is Cc1ccc(CO)c2cc(C(C)C)nn12. The highest BCUT2D eigenvalue weighted by Gasteiger charge is 2.09. The summed E-state index contributed by atoms with van der Waals surface area (Å²) >= 11 is 0. The van der Waals surface area contributed by atoms with Gasteiger partial charge in [0.1, 0.15) is 0 Å². The average molecular weight is 204 g/mol. The van der Waals surface area contributed by atoms with E-state index in [4.69, 9.17) is 0 Å². The highest BCUT2D eigenvalue weighted by Crippen LogP contribution is 2.19. The Balaban J connectivity index is 2.72. The molecule has 2 aromatic heterocycles. The van der Waals surface area contributed by atoms with E-state index in [2.05, 4.69) is 25.0 Å². The molecule has 0 amide bonds. The quantitative estimate of drug-likeness (QED) is 0.814. The third-order valence-electron chi connectivity index (χ3n) is 2.68. The largest absolute Gasteiger partial charge is 0.392 e. The van der Waals surface area contributed by atoms with E-state index >= 15 is 0 Å². The van der Waals surface area contributed by atoms with Gasteiger partial charge in [-0.25, -0.2) is 4.52 Å². The number of aliphatic hydroxyl groups excluding tert-OH is 1. The molecular weight excluding hydrogens is 188 g/mol. The van der Waals surface area contributed by atoms with Gasteiger partial charge in [-0.1, -0.05) is 19.9 Å². The molecule has 0 aliphatic rings. The minimum absolute atomic E-state index is 0.0625. The van der Waals surface area contributed by atoms with Crippen molar-refractivity contribution in [2.75, 3.05) is 0 Å². The topological polar surface area (TPSA) is 37.5 Å². The first-order chi connectivity index (χ1) is 7.13. The van der Waals surface area contributed by atoms with Gasteiger partial charge in [0.2, 0.25) is 0 Å². The van der Waals surface area contributed by atoms with Crippen molar-refractivity contribution in [1.82, 2.24) is 9.61 Å². The summed E-state index contributed by atoms with van der Waals surface area (Å²) in [7, 11) is 0. The van der Waals surface area contributed by atoms with Crippen LogP contribution in [0.5, 0.6) is 0 Å². The molecule has 0 aliphatic carbocycles. The number of aryl methyl sites for hydroxylation is 1. The molecule has 0 radical (unpaired) electrons. The Morgan fingerprint density at radius 3 is 2.73 bits per heavy atom. The molecule has 0 unspecified atom stereocenters. The van der Waals surface area contributed by atoms with E-state index in [0.29, 0.717) is 5.92 Å². The van der Waals surface area contributed by atoms with Gasteiger partial charge in [0.25, 0.3) is 0 Å². The zero-order valence-electron chi connectivity index (χ0n) is 9.36. The van der Waals surface area contributed by atoms with Crippen LogP contribution in [0.3, 0.4) is 0 Å². The van der Waals surface area contributed by atoms with Crippen molar-refractivity contribution in [3.63, 3.8) is 0 Å². The fourth-order valence-corrected chi connectivity index (χ4v) is 1.69. The Labute approximate surface area is 89.4 Å². The first-order valence-electron chi connectivity index (χ1n) is 5.22. The average Bonchev–Trinajstić information content (AvgIpc) is 2.64. The number of hydrogen-bond donors (Lipinski definition) is 1. The summed E-state index contributed by atoms with van der Waals surface area (Å²) < 4.78 is 1.90. The van der Waals surface area contributed by atoms with Crippen molar-refractivity contribution in [2.24, 2.45) is 0 Å². The lowest BCUT2D eigenvalue weighted by Gasteiger charge is -2.02. The molecule has 2 heterocycles. The predicted octanol–water partition coefficient (Wildman–Crippen LogP) is 2.26. The summed E-state index contributed by atoms with van der Waals surface area (Å²) in [5, 5.41) is 13.8. The Kier molecular flexibility index (Phi) is 2.49. The number of hydrogen-bond acceptors (Lipinski definition) is 2. The van der Waals surface area contributed by atoms with Gasteiger partial charge < -0.3 is 5.11 Å². The first kappa shape index (κ1) is 10.2. The van der Waals surface area contributed by atoms with Crippen molar-refractivity contribution >= 4 is 5.52 Å². The molecule has 0 bridgehead atoms. The molecule has 2 rings (SSSR count). The number of aromatic nitrogens is 2. The lowest BCUT2D eigenvalue weighted by Crippen LogP contribution is -1.97. The zero-order valence-corrected chi connectivity index (χ0v) is 9.36. The van der Waals surface area contributed by atoms with Gasteiger partial charge in [0.05, 0.1) is 17.8 Å². The van der Waals surface area contributed by atoms with Gasteiger partial charge in [0.15, 0.2) is 0 Å². The number of aliphatic hydroxyl groups is 1. The normalized spacial score (nSPS) is 11.5. The van der Waals surface area contributed by atoms with E-state index < -0.39 is 0 Å². The molecule has 15 heavy (non-hydrogen) atoms. The summed E-state index contributed by atoms with van der Waals surface area (Å²) in [6, 6.07) is 6.00. The minimum Gasteiger partial charge on any atom is -0.392 e. The van der Waals surface area contributed by atoms with Crippen molar-refractivity contribution < 1.29 is 5.11 Å². The van der Waals surface area contributed by atoms with Crippen LogP contribution in [-0.2, 0) is 6.61 Å². The smallest absolute Gasteiger partial charge is 0.0722 e. The molecular formula is C12H16N2O. The Morgan fingerprint density at radius 2 is 2.13 bits per heavy atom. The predicted molar refractivity (Wildman–Crippen MR) is 59.9 cm³/mol. The molecule has 0 atom stereocenters. The van der Waals surface area contributed by atoms with E-state index in [1.54, 1.807) is 0 Å². The molecule has 0 saturated heterocycles. The van der Waals surface area contributed by atoms with Crippen LogP contribution >= 0.6 is 0 Å². The zero-order chi connectivity index (χ0) is 11.0. The summed E-state index contributed by atoms with van der Waals surface area (Å²) in [6.07, 6.45) is 0. The maximum Gasteiger partial charge on any atom is 0.0722 e. The van der Waals surface area contributed by atoms with Crippen LogP contribution in [0, 0.1) is 6.92 Å². The van der Waals surface area contributed by atoms with Crippen LogP contribution < -0.4 is 0 Å². The number of nitrogens with zero attached hydrogens (tertiary/aromatic N) is 2. The van der Waals surface area contributed by atoms with E-state index in [1.807, 2.05) is 23.6 Å². The lowest BCUT2D eigenvalue weighted by molar-refractivity contribution is 0.283. The number of fused-ring (bicyclic) bond motifs is 1. The number of pyridine rings is 1. The second-order valence-electron chi connectivity index (χ2n) is 4.18. The Bertz CT molecular complexity index is 486. The molecule has 3 nitrogen and oxygen atoms in total. The van der Waals surface area contributed by atoms with Crippen molar-refractivity contribution in [2.45, 2.75) is 33.3 Å². The van der Waals surface area contributed by atoms with E-state index in [9.17, 15) is 5.11 Å². The fourth-order valence-electron chi connectivity index (χ4n) is 1.69. The van der Waals surface area contributed by atoms with Gasteiger partial charge in [-0.3, -0.25) is 0 Å². The van der Waals surface area contributed by atoms with Crippen molar-refractivity contribution in [3.05, 3.63) is 35.2 Å². The molecule has 0 aliphatic heterocycles. The van der Waals surface area contributed by atoms with Crippen molar-refractivity contribution in [1.29, 1.82) is 0 Å². The molecule has 3 heteroatoms. The first-order valence-corrected chi connectivity index (χ1v) is 5.22. The van der Waals surface area contributed by atoms with Crippen LogP contribution in [0.15, 0.2) is 18.2 Å². The summed E-state index contributed by atoms with van der Waals surface area (Å²) in [5.41, 5.74) is 4.11. The maximum absolute atomic E-state index is 9.23. The van der Waals surface area contributed by atoms with Gasteiger partial charge in [0, 0.05) is 11.3 Å². The standard InChI is InChI=1S/C12H16N2O/c1-8(2)11-6-12-10(7-15)5-4-9(3)14(12)13-11/h4-6,8,15H,7H2,1-3H3. The third kappa shape index (κ3) is 1.63. The maximum atomic E-state index is 9.23. The fraction of sp³-hybridized carbons (Fsp3) is 0.417. The highest BCUT2D eigenvalue weighted by atomic mass is 16.3. The third-order valence-corrected chi connectivity index (χ3v) is 2.68. The van der Waals surface area contributed by atoms with Gasteiger partial charge in [-0.05, 0) is 25.0 Å². The molecule has 0 spiro atoms. The van der Waals surface area contributed by atoms with Gasteiger partial charge in [-0.15, -0.1) is 0 Å². The van der Waals surface area contributed by atoms with Gasteiger partial charge >= 0.3 is 0 Å². The van der Waals surface area contributed by atoms with E-state index in [1.165, 1.54) is 0 Å². The second-order valence-corrected chi connectivity index (χ2v) is 4.18. The van der Waals surface area contributed by atoms with E-state index in [0.717, 1.165) is 22.5 Å². The summed E-state index contributed by atoms with van der Waals surface area (Å²) in [4.78, 5) is 0. The number of rotatable bonds is 2. The summed E-state index contributed by atoms with van der Waals surface area (Å²) in [5.74, 6) is 0.413. The Morgan fingerprint density at radius 1 is 1.40 bits per heavy atom. The monoisotopic (exact) mass is 204 g/mol. The molecule has 80 valence electrons. The van der Waals surface area contributed by atoms with Crippen LogP contribution in [-0.4, -0.2) is 14.7 Å². The molecule has 2 aromatic rings. The van der Waals surface area contributed by atoms with Crippen LogP contribution in [0.1, 0.15) is 36.7 Å². The van der Waals surface area contributed by atoms with Crippen molar-refractivity contribution in [3.8, 4) is 0 Å². The molecule has 0 saturated carbocycles. The van der Waals surface area contributed by atoms with Crippen LogP contribution in [0.2, 0.25) is 0 Å². The summed E-state index contributed by atoms with van der Waals surface area (Å²) in [6.45, 7) is 6.32. The minimum atomic E-state index is 0.0625. The highest BCUT2D eigenvalue weighted by molar-refractivity contribution is 5.56.